The van der Waals surface area contributed by atoms with Crippen molar-refractivity contribution in [1.29, 1.82) is 0 Å². The molecule has 2 aromatic rings. The minimum Gasteiger partial charge on any atom is -0.353 e. The smallest absolute Gasteiger partial charge is 0.0409 e. The fraction of sp³-hybridized carbons (Fsp3) is 0.333. The lowest BCUT2D eigenvalue weighted by atomic mass is 10.0. The molecule has 0 aliphatic rings. The second-order valence-electron chi connectivity index (χ2n) is 4.51. The van der Waals surface area contributed by atoms with Gasteiger partial charge in [-0.3, -0.25) is 0 Å². The summed E-state index contributed by atoms with van der Waals surface area (Å²) in [5, 5.41) is 4.37. The van der Waals surface area contributed by atoms with Gasteiger partial charge in [0.1, 0.15) is 0 Å². The summed E-state index contributed by atoms with van der Waals surface area (Å²) in [7, 11) is 2.07. The molecular formula is C15H19ClN2. The number of halogens is 1. The lowest BCUT2D eigenvalue weighted by molar-refractivity contribution is 0.508. The molecule has 1 aromatic heterocycles. The molecule has 0 radical (unpaired) electrons. The van der Waals surface area contributed by atoms with Crippen LogP contribution in [0.25, 0.3) is 0 Å². The predicted octanol–water partition coefficient (Wildman–Crippen LogP) is 3.92. The SMILES string of the molecule is CCC(NCc1cccn1C)c1cccc(Cl)c1. The molecule has 1 aromatic carbocycles. The van der Waals surface area contributed by atoms with Gasteiger partial charge in [-0.15, -0.1) is 0 Å². The van der Waals surface area contributed by atoms with Crippen molar-refractivity contribution in [2.45, 2.75) is 25.9 Å². The van der Waals surface area contributed by atoms with Crippen LogP contribution < -0.4 is 5.32 Å². The summed E-state index contributed by atoms with van der Waals surface area (Å²) in [6, 6.07) is 12.6. The third kappa shape index (κ3) is 3.15. The van der Waals surface area contributed by atoms with Crippen LogP contribution in [0.1, 0.15) is 30.6 Å². The van der Waals surface area contributed by atoms with Crippen molar-refractivity contribution in [3.8, 4) is 0 Å². The number of rotatable bonds is 5. The van der Waals surface area contributed by atoms with Crippen molar-refractivity contribution in [1.82, 2.24) is 9.88 Å². The summed E-state index contributed by atoms with van der Waals surface area (Å²) in [6.07, 6.45) is 3.11. The topological polar surface area (TPSA) is 17.0 Å². The third-order valence-corrected chi connectivity index (χ3v) is 3.48. The number of hydrogen-bond acceptors (Lipinski definition) is 1. The Hall–Kier alpha value is -1.25. The highest BCUT2D eigenvalue weighted by Gasteiger charge is 2.09. The maximum Gasteiger partial charge on any atom is 0.0409 e. The van der Waals surface area contributed by atoms with E-state index in [4.69, 9.17) is 11.6 Å². The van der Waals surface area contributed by atoms with E-state index < -0.39 is 0 Å². The molecule has 2 nitrogen and oxygen atoms in total. The van der Waals surface area contributed by atoms with Gasteiger partial charge in [0.25, 0.3) is 0 Å². The molecule has 0 aliphatic carbocycles. The lowest BCUT2D eigenvalue weighted by Gasteiger charge is -2.18. The van der Waals surface area contributed by atoms with Crippen molar-refractivity contribution in [3.05, 3.63) is 58.9 Å². The Morgan fingerprint density at radius 3 is 2.72 bits per heavy atom. The Labute approximate surface area is 114 Å². The van der Waals surface area contributed by atoms with Crippen molar-refractivity contribution in [3.63, 3.8) is 0 Å². The molecule has 0 bridgehead atoms. The first-order chi connectivity index (χ1) is 8.70. The normalized spacial score (nSPS) is 12.6. The molecule has 2 rings (SSSR count). The van der Waals surface area contributed by atoms with E-state index in [2.05, 4.69) is 48.3 Å². The van der Waals surface area contributed by atoms with E-state index >= 15 is 0 Å². The Kier molecular flexibility index (Phi) is 4.45. The van der Waals surface area contributed by atoms with Crippen molar-refractivity contribution in [2.75, 3.05) is 0 Å². The van der Waals surface area contributed by atoms with Crippen molar-refractivity contribution >= 4 is 11.6 Å². The van der Waals surface area contributed by atoms with E-state index in [0.29, 0.717) is 6.04 Å². The van der Waals surface area contributed by atoms with E-state index in [-0.39, 0.29) is 0 Å². The first kappa shape index (κ1) is 13.2. The zero-order valence-electron chi connectivity index (χ0n) is 10.9. The fourth-order valence-electron chi connectivity index (χ4n) is 2.13. The van der Waals surface area contributed by atoms with Crippen LogP contribution in [0, 0.1) is 0 Å². The van der Waals surface area contributed by atoms with Gasteiger partial charge in [0.05, 0.1) is 0 Å². The van der Waals surface area contributed by atoms with Gasteiger partial charge >= 0.3 is 0 Å². The molecule has 96 valence electrons. The zero-order chi connectivity index (χ0) is 13.0. The fourth-order valence-corrected chi connectivity index (χ4v) is 2.33. The number of benzene rings is 1. The Morgan fingerprint density at radius 1 is 1.28 bits per heavy atom. The van der Waals surface area contributed by atoms with Crippen LogP contribution >= 0.6 is 11.6 Å². The standard InChI is InChI=1S/C15H19ClN2/c1-3-15(12-6-4-7-13(16)10-12)17-11-14-8-5-9-18(14)2/h4-10,15,17H,3,11H2,1-2H3. The molecule has 1 heterocycles. The van der Waals surface area contributed by atoms with Crippen LogP contribution in [0.15, 0.2) is 42.6 Å². The van der Waals surface area contributed by atoms with Gasteiger partial charge in [0, 0.05) is 36.5 Å². The summed E-state index contributed by atoms with van der Waals surface area (Å²) in [5.41, 5.74) is 2.54. The van der Waals surface area contributed by atoms with E-state index in [9.17, 15) is 0 Å². The summed E-state index contributed by atoms with van der Waals surface area (Å²) in [4.78, 5) is 0. The van der Waals surface area contributed by atoms with E-state index in [1.807, 2.05) is 18.2 Å². The van der Waals surface area contributed by atoms with Gasteiger partial charge in [-0.05, 0) is 36.2 Å². The van der Waals surface area contributed by atoms with Gasteiger partial charge in [-0.1, -0.05) is 30.7 Å². The first-order valence-corrected chi connectivity index (χ1v) is 6.67. The van der Waals surface area contributed by atoms with Crippen molar-refractivity contribution < 1.29 is 0 Å². The first-order valence-electron chi connectivity index (χ1n) is 6.29. The largest absolute Gasteiger partial charge is 0.353 e. The average molecular weight is 263 g/mol. The molecule has 3 heteroatoms. The summed E-state index contributed by atoms with van der Waals surface area (Å²) in [5.74, 6) is 0. The Bertz CT molecular complexity index is 505. The monoisotopic (exact) mass is 262 g/mol. The molecule has 1 N–H and O–H groups in total. The highest BCUT2D eigenvalue weighted by Crippen LogP contribution is 2.20. The van der Waals surface area contributed by atoms with Crippen LogP contribution in [-0.4, -0.2) is 4.57 Å². The maximum absolute atomic E-state index is 6.04. The second-order valence-corrected chi connectivity index (χ2v) is 4.94. The second kappa shape index (κ2) is 6.07. The number of hydrogen-bond donors (Lipinski definition) is 1. The van der Waals surface area contributed by atoms with Gasteiger partial charge in [0.15, 0.2) is 0 Å². The molecule has 18 heavy (non-hydrogen) atoms. The van der Waals surface area contributed by atoms with Gasteiger partial charge < -0.3 is 9.88 Å². The highest BCUT2D eigenvalue weighted by atomic mass is 35.5. The molecule has 1 atom stereocenters. The van der Waals surface area contributed by atoms with Gasteiger partial charge in [-0.25, -0.2) is 0 Å². The van der Waals surface area contributed by atoms with Gasteiger partial charge in [-0.2, -0.15) is 0 Å². The van der Waals surface area contributed by atoms with Crippen LogP contribution in [0.5, 0.6) is 0 Å². The number of nitrogens with one attached hydrogen (secondary N) is 1. The molecular weight excluding hydrogens is 244 g/mol. The highest BCUT2D eigenvalue weighted by molar-refractivity contribution is 6.30. The van der Waals surface area contributed by atoms with Crippen molar-refractivity contribution in [2.24, 2.45) is 7.05 Å². The quantitative estimate of drug-likeness (QED) is 0.864. The molecule has 0 saturated heterocycles. The number of aromatic nitrogens is 1. The van der Waals surface area contributed by atoms with Gasteiger partial charge in [0.2, 0.25) is 0 Å². The number of nitrogens with zero attached hydrogens (tertiary/aromatic N) is 1. The molecule has 0 saturated carbocycles. The predicted molar refractivity (Wildman–Crippen MR) is 76.7 cm³/mol. The maximum atomic E-state index is 6.04. The molecule has 0 aliphatic heterocycles. The minimum atomic E-state index is 0.346. The zero-order valence-corrected chi connectivity index (χ0v) is 11.6. The molecule has 0 amide bonds. The van der Waals surface area contributed by atoms with Crippen LogP contribution in [-0.2, 0) is 13.6 Å². The molecule has 0 spiro atoms. The molecule has 1 unspecified atom stereocenters. The number of aryl methyl sites for hydroxylation is 1. The summed E-state index contributed by atoms with van der Waals surface area (Å²) >= 11 is 6.04. The van der Waals surface area contributed by atoms with Crippen LogP contribution in [0.2, 0.25) is 5.02 Å². The minimum absolute atomic E-state index is 0.346. The Balaban J connectivity index is 2.04. The van der Waals surface area contributed by atoms with E-state index in [1.54, 1.807) is 0 Å². The summed E-state index contributed by atoms with van der Waals surface area (Å²) < 4.78 is 2.14. The van der Waals surface area contributed by atoms with E-state index in [0.717, 1.165) is 18.0 Å². The molecule has 0 fully saturated rings. The Morgan fingerprint density at radius 2 is 2.11 bits per heavy atom. The lowest BCUT2D eigenvalue weighted by Crippen LogP contribution is -2.21. The average Bonchev–Trinajstić information content (AvgIpc) is 2.76. The van der Waals surface area contributed by atoms with E-state index in [1.165, 1.54) is 11.3 Å². The summed E-state index contributed by atoms with van der Waals surface area (Å²) in [6.45, 7) is 3.05. The van der Waals surface area contributed by atoms with Crippen LogP contribution in [0.4, 0.5) is 0 Å². The third-order valence-electron chi connectivity index (χ3n) is 3.24. The van der Waals surface area contributed by atoms with Crippen LogP contribution in [0.3, 0.4) is 0 Å².